The average molecular weight is 166 g/mol. The van der Waals surface area contributed by atoms with Crippen LogP contribution in [0.2, 0.25) is 0 Å². The highest BCUT2D eigenvalue weighted by Gasteiger charge is 1.99. The van der Waals surface area contributed by atoms with Crippen LogP contribution in [-0.4, -0.2) is 18.6 Å². The first-order chi connectivity index (χ1) is 5.88. The van der Waals surface area contributed by atoms with Crippen molar-refractivity contribution in [3.63, 3.8) is 0 Å². The molecule has 2 N–H and O–H groups in total. The van der Waals surface area contributed by atoms with Gasteiger partial charge in [0.1, 0.15) is 0 Å². The standard InChI is InChI=1S/C9H14N2O/c1-12-7-9-6-11-5-3-8(9)2-4-10/h3,5-6H,2,4,7,10H2,1H3. The topological polar surface area (TPSA) is 48.1 Å². The van der Waals surface area contributed by atoms with E-state index in [-0.39, 0.29) is 0 Å². The van der Waals surface area contributed by atoms with E-state index in [1.165, 1.54) is 5.56 Å². The molecule has 0 aliphatic heterocycles. The summed E-state index contributed by atoms with van der Waals surface area (Å²) < 4.78 is 5.03. The predicted octanol–water partition coefficient (Wildman–Crippen LogP) is 0.729. The van der Waals surface area contributed by atoms with Crippen molar-refractivity contribution < 1.29 is 4.74 Å². The SMILES string of the molecule is COCc1cnccc1CCN. The third-order valence-electron chi connectivity index (χ3n) is 1.72. The Morgan fingerprint density at radius 1 is 1.50 bits per heavy atom. The van der Waals surface area contributed by atoms with Gasteiger partial charge in [0.2, 0.25) is 0 Å². The molecule has 0 unspecified atom stereocenters. The first kappa shape index (κ1) is 9.16. The molecule has 66 valence electrons. The molecule has 0 aliphatic carbocycles. The maximum atomic E-state index is 5.46. The number of ether oxygens (including phenoxy) is 1. The van der Waals surface area contributed by atoms with Crippen molar-refractivity contribution in [2.24, 2.45) is 5.73 Å². The molecule has 3 heteroatoms. The van der Waals surface area contributed by atoms with Gasteiger partial charge in [-0.2, -0.15) is 0 Å². The molecule has 0 radical (unpaired) electrons. The average Bonchev–Trinajstić information content (AvgIpc) is 2.09. The van der Waals surface area contributed by atoms with Crippen molar-refractivity contribution >= 4 is 0 Å². The normalized spacial score (nSPS) is 10.2. The minimum atomic E-state index is 0.614. The van der Waals surface area contributed by atoms with Gasteiger partial charge in [-0.05, 0) is 30.2 Å². The Kier molecular flexibility index (Phi) is 3.70. The molecule has 1 aromatic rings. The van der Waals surface area contributed by atoms with Crippen molar-refractivity contribution in [3.05, 3.63) is 29.6 Å². The van der Waals surface area contributed by atoms with E-state index in [0.29, 0.717) is 13.2 Å². The molecule has 12 heavy (non-hydrogen) atoms. The van der Waals surface area contributed by atoms with Crippen LogP contribution in [0, 0.1) is 0 Å². The molecule has 0 bridgehead atoms. The molecule has 1 aromatic heterocycles. The Balaban J connectivity index is 2.77. The van der Waals surface area contributed by atoms with Crippen molar-refractivity contribution in [1.29, 1.82) is 0 Å². The fraction of sp³-hybridized carbons (Fsp3) is 0.444. The van der Waals surface area contributed by atoms with Gasteiger partial charge in [-0.3, -0.25) is 4.98 Å². The van der Waals surface area contributed by atoms with E-state index in [1.807, 2.05) is 12.3 Å². The van der Waals surface area contributed by atoms with Crippen LogP contribution in [0.5, 0.6) is 0 Å². The smallest absolute Gasteiger partial charge is 0.0730 e. The fourth-order valence-electron chi connectivity index (χ4n) is 1.14. The summed E-state index contributed by atoms with van der Waals surface area (Å²) in [7, 11) is 1.68. The summed E-state index contributed by atoms with van der Waals surface area (Å²) in [6.07, 6.45) is 4.50. The lowest BCUT2D eigenvalue weighted by molar-refractivity contribution is 0.184. The highest BCUT2D eigenvalue weighted by atomic mass is 16.5. The van der Waals surface area contributed by atoms with Crippen molar-refractivity contribution in [2.75, 3.05) is 13.7 Å². The largest absolute Gasteiger partial charge is 0.380 e. The van der Waals surface area contributed by atoms with E-state index >= 15 is 0 Å². The Morgan fingerprint density at radius 3 is 3.00 bits per heavy atom. The van der Waals surface area contributed by atoms with Gasteiger partial charge >= 0.3 is 0 Å². The van der Waals surface area contributed by atoms with Gasteiger partial charge < -0.3 is 10.5 Å². The number of nitrogens with zero attached hydrogens (tertiary/aromatic N) is 1. The van der Waals surface area contributed by atoms with E-state index in [1.54, 1.807) is 13.3 Å². The number of aromatic nitrogens is 1. The van der Waals surface area contributed by atoms with Crippen LogP contribution < -0.4 is 5.73 Å². The Labute approximate surface area is 72.6 Å². The number of methoxy groups -OCH3 is 1. The Morgan fingerprint density at radius 2 is 2.33 bits per heavy atom. The zero-order valence-corrected chi connectivity index (χ0v) is 7.29. The summed E-state index contributed by atoms with van der Waals surface area (Å²) >= 11 is 0. The number of hydrogen-bond acceptors (Lipinski definition) is 3. The highest BCUT2D eigenvalue weighted by molar-refractivity contribution is 5.22. The number of nitrogens with two attached hydrogens (primary N) is 1. The first-order valence-corrected chi connectivity index (χ1v) is 3.99. The van der Waals surface area contributed by atoms with Gasteiger partial charge in [-0.1, -0.05) is 0 Å². The highest BCUT2D eigenvalue weighted by Crippen LogP contribution is 2.07. The molecule has 0 atom stereocenters. The van der Waals surface area contributed by atoms with Crippen LogP contribution in [-0.2, 0) is 17.8 Å². The molecule has 0 spiro atoms. The second kappa shape index (κ2) is 4.85. The van der Waals surface area contributed by atoms with Gasteiger partial charge in [-0.25, -0.2) is 0 Å². The van der Waals surface area contributed by atoms with Gasteiger partial charge in [0, 0.05) is 19.5 Å². The summed E-state index contributed by atoms with van der Waals surface area (Å²) in [4.78, 5) is 4.03. The number of rotatable bonds is 4. The van der Waals surface area contributed by atoms with Crippen LogP contribution in [0.1, 0.15) is 11.1 Å². The van der Waals surface area contributed by atoms with Crippen molar-refractivity contribution in [2.45, 2.75) is 13.0 Å². The third-order valence-corrected chi connectivity index (χ3v) is 1.72. The van der Waals surface area contributed by atoms with Crippen molar-refractivity contribution in [1.82, 2.24) is 4.98 Å². The maximum absolute atomic E-state index is 5.46. The van der Waals surface area contributed by atoms with Crippen LogP contribution in [0.3, 0.4) is 0 Å². The summed E-state index contributed by atoms with van der Waals surface area (Å²) in [5, 5.41) is 0. The Bertz CT molecular complexity index is 213. The molecular formula is C9H14N2O. The molecule has 1 rings (SSSR count). The van der Waals surface area contributed by atoms with Gasteiger partial charge in [0.25, 0.3) is 0 Å². The zero-order chi connectivity index (χ0) is 8.81. The molecule has 0 amide bonds. The van der Waals surface area contributed by atoms with Gasteiger partial charge in [0.05, 0.1) is 6.61 Å². The second-order valence-corrected chi connectivity index (χ2v) is 2.62. The van der Waals surface area contributed by atoms with Crippen LogP contribution in [0.4, 0.5) is 0 Å². The summed E-state index contributed by atoms with van der Waals surface area (Å²) in [6, 6.07) is 1.99. The number of hydrogen-bond donors (Lipinski definition) is 1. The lowest BCUT2D eigenvalue weighted by atomic mass is 10.1. The quantitative estimate of drug-likeness (QED) is 0.717. The lowest BCUT2D eigenvalue weighted by Gasteiger charge is -2.05. The zero-order valence-electron chi connectivity index (χ0n) is 7.29. The number of pyridine rings is 1. The predicted molar refractivity (Wildman–Crippen MR) is 47.7 cm³/mol. The maximum Gasteiger partial charge on any atom is 0.0730 e. The third kappa shape index (κ3) is 2.29. The van der Waals surface area contributed by atoms with Gasteiger partial charge in [-0.15, -0.1) is 0 Å². The van der Waals surface area contributed by atoms with E-state index < -0.39 is 0 Å². The monoisotopic (exact) mass is 166 g/mol. The fourth-order valence-corrected chi connectivity index (χ4v) is 1.14. The molecule has 0 saturated heterocycles. The van der Waals surface area contributed by atoms with Gasteiger partial charge in [0.15, 0.2) is 0 Å². The lowest BCUT2D eigenvalue weighted by Crippen LogP contribution is -2.06. The van der Waals surface area contributed by atoms with Crippen molar-refractivity contribution in [3.8, 4) is 0 Å². The molecule has 0 fully saturated rings. The van der Waals surface area contributed by atoms with Crippen LogP contribution in [0.15, 0.2) is 18.5 Å². The van der Waals surface area contributed by atoms with E-state index in [4.69, 9.17) is 10.5 Å². The molecule has 0 aromatic carbocycles. The molecule has 1 heterocycles. The molecule has 0 saturated carbocycles. The minimum Gasteiger partial charge on any atom is -0.380 e. The molecule has 3 nitrogen and oxygen atoms in total. The molecular weight excluding hydrogens is 152 g/mol. The summed E-state index contributed by atoms with van der Waals surface area (Å²) in [6.45, 7) is 1.28. The minimum absolute atomic E-state index is 0.614. The van der Waals surface area contributed by atoms with E-state index in [9.17, 15) is 0 Å². The molecule has 0 aliphatic rings. The summed E-state index contributed by atoms with van der Waals surface area (Å²) in [5.41, 5.74) is 7.83. The van der Waals surface area contributed by atoms with E-state index in [0.717, 1.165) is 12.0 Å². The van der Waals surface area contributed by atoms with E-state index in [2.05, 4.69) is 4.98 Å². The first-order valence-electron chi connectivity index (χ1n) is 3.99. The van der Waals surface area contributed by atoms with Crippen LogP contribution >= 0.6 is 0 Å². The Hall–Kier alpha value is -0.930. The summed E-state index contributed by atoms with van der Waals surface area (Å²) in [5.74, 6) is 0. The van der Waals surface area contributed by atoms with Crippen LogP contribution in [0.25, 0.3) is 0 Å². The second-order valence-electron chi connectivity index (χ2n) is 2.62.